The second kappa shape index (κ2) is 39.1. The summed E-state index contributed by atoms with van der Waals surface area (Å²) in [4.78, 5) is 22.5. The predicted octanol–water partition coefficient (Wildman–Crippen LogP) is 11.0. The number of carbonyl (C=O) groups excluding carboxylic acids is 1. The second-order valence-electron chi connectivity index (χ2n) is 13.6. The Kier molecular flexibility index (Phi) is 37.9. The number of phosphoric ester groups is 1. The Morgan fingerprint density at radius 3 is 1.54 bits per heavy atom. The maximum atomic E-state index is 12.5. The van der Waals surface area contributed by atoms with Crippen LogP contribution in [-0.4, -0.2) is 66.3 Å². The van der Waals surface area contributed by atoms with Crippen LogP contribution in [0.3, 0.4) is 0 Å². The molecule has 3 atom stereocenters. The molecule has 0 amide bonds. The number of carbonyl (C=O) groups is 1. The van der Waals surface area contributed by atoms with Crippen molar-refractivity contribution in [3.05, 3.63) is 48.6 Å². The van der Waals surface area contributed by atoms with Crippen LogP contribution >= 0.6 is 7.82 Å². The van der Waals surface area contributed by atoms with Crippen molar-refractivity contribution in [2.45, 2.75) is 180 Å². The van der Waals surface area contributed by atoms with Crippen molar-refractivity contribution in [3.63, 3.8) is 0 Å². The number of hydrogen-bond acceptors (Lipinski definition) is 8. The van der Waals surface area contributed by atoms with Gasteiger partial charge in [-0.3, -0.25) is 13.8 Å². The van der Waals surface area contributed by atoms with Gasteiger partial charge in [0.15, 0.2) is 0 Å². The van der Waals surface area contributed by atoms with Gasteiger partial charge in [-0.15, -0.1) is 0 Å². The van der Waals surface area contributed by atoms with Crippen LogP contribution < -0.4 is 0 Å². The van der Waals surface area contributed by atoms with Crippen LogP contribution in [0.5, 0.6) is 0 Å². The van der Waals surface area contributed by atoms with E-state index in [9.17, 15) is 19.4 Å². The molecule has 0 aromatic rings. The summed E-state index contributed by atoms with van der Waals surface area (Å²) in [5.74, 6) is -0.461. The summed E-state index contributed by atoms with van der Waals surface area (Å²) >= 11 is 0. The first-order valence-corrected chi connectivity index (χ1v) is 22.1. The zero-order chi connectivity index (χ0) is 38.2. The average Bonchev–Trinajstić information content (AvgIpc) is 3.13. The summed E-state index contributed by atoms with van der Waals surface area (Å²) in [6, 6.07) is 0. The minimum atomic E-state index is -4.53. The van der Waals surface area contributed by atoms with Crippen molar-refractivity contribution in [2.24, 2.45) is 0 Å². The molecule has 0 saturated carbocycles. The van der Waals surface area contributed by atoms with Crippen LogP contribution in [0.1, 0.15) is 168 Å². The highest BCUT2D eigenvalue weighted by molar-refractivity contribution is 7.47. The summed E-state index contributed by atoms with van der Waals surface area (Å²) in [5.41, 5.74) is 0. The molecule has 0 aliphatic heterocycles. The minimum absolute atomic E-state index is 0.0218. The Hall–Kier alpha value is -1.58. The molecule has 0 fully saturated rings. The van der Waals surface area contributed by atoms with Gasteiger partial charge in [-0.25, -0.2) is 4.57 Å². The van der Waals surface area contributed by atoms with Crippen LogP contribution in [0.25, 0.3) is 0 Å². The standard InChI is InChI=1S/C42H77O9P/c1-3-5-7-9-11-13-15-17-18-19-20-21-23-25-27-29-31-33-35-48-38-41(39-50-52(46,47)49-37-40(44)36-43)51-42(45)34-32-30-28-26-24-22-16-14-12-10-8-6-4-2/h6,8,12,14,22,24,28,30,40-41,43-44H,3-5,7,9-11,13,15-21,23,25-27,29,31-39H2,1-2H3,(H,46,47)/b8-6-,14-12-,24-22-,30-28-. The number of esters is 1. The molecule has 3 N–H and O–H groups in total. The van der Waals surface area contributed by atoms with E-state index in [1.54, 1.807) is 0 Å². The number of unbranched alkanes of at least 4 members (excludes halogenated alkanes) is 17. The first-order chi connectivity index (χ1) is 25.3. The minimum Gasteiger partial charge on any atom is -0.457 e. The van der Waals surface area contributed by atoms with E-state index in [2.05, 4.69) is 50.3 Å². The molecule has 0 aliphatic rings. The molecule has 0 aromatic heterocycles. The van der Waals surface area contributed by atoms with E-state index in [1.807, 2.05) is 12.2 Å². The molecule has 0 aliphatic carbocycles. The van der Waals surface area contributed by atoms with E-state index >= 15 is 0 Å². The monoisotopic (exact) mass is 757 g/mol. The Labute approximate surface area is 317 Å². The van der Waals surface area contributed by atoms with Gasteiger partial charge in [0, 0.05) is 13.0 Å². The lowest BCUT2D eigenvalue weighted by molar-refractivity contribution is -0.154. The fourth-order valence-electron chi connectivity index (χ4n) is 5.43. The number of rotatable bonds is 39. The molecule has 0 rings (SSSR count). The number of allylic oxidation sites excluding steroid dienone is 8. The van der Waals surface area contributed by atoms with E-state index in [4.69, 9.17) is 23.6 Å². The van der Waals surface area contributed by atoms with E-state index in [0.717, 1.165) is 44.9 Å². The van der Waals surface area contributed by atoms with E-state index in [1.165, 1.54) is 96.3 Å². The molecule has 10 heteroatoms. The highest BCUT2D eigenvalue weighted by Crippen LogP contribution is 2.43. The third-order valence-corrected chi connectivity index (χ3v) is 9.49. The zero-order valence-electron chi connectivity index (χ0n) is 33.0. The topological polar surface area (TPSA) is 132 Å². The van der Waals surface area contributed by atoms with Crippen LogP contribution in [0.15, 0.2) is 48.6 Å². The molecule has 0 saturated heterocycles. The lowest BCUT2D eigenvalue weighted by Gasteiger charge is -2.20. The van der Waals surface area contributed by atoms with Gasteiger partial charge in [-0.2, -0.15) is 0 Å². The van der Waals surface area contributed by atoms with Crippen LogP contribution in [0.2, 0.25) is 0 Å². The van der Waals surface area contributed by atoms with Crippen LogP contribution in [0.4, 0.5) is 0 Å². The quantitative estimate of drug-likeness (QED) is 0.0243. The van der Waals surface area contributed by atoms with Crippen LogP contribution in [-0.2, 0) is 27.9 Å². The highest BCUT2D eigenvalue weighted by atomic mass is 31.2. The molecule has 9 nitrogen and oxygen atoms in total. The van der Waals surface area contributed by atoms with Crippen molar-refractivity contribution >= 4 is 13.8 Å². The molecular weight excluding hydrogens is 679 g/mol. The summed E-state index contributed by atoms with van der Waals surface area (Å²) in [6.45, 7) is 3.31. The SMILES string of the molecule is CC/C=C\C/C=C\C/C=C\C/C=C\CCC(=O)OC(COCCCCCCCCCCCCCCCCCCCC)COP(=O)(O)OCC(O)CO. The van der Waals surface area contributed by atoms with Gasteiger partial charge in [-0.1, -0.05) is 172 Å². The Balaban J connectivity index is 4.23. The maximum absolute atomic E-state index is 12.5. The van der Waals surface area contributed by atoms with Crippen molar-refractivity contribution in [1.29, 1.82) is 0 Å². The van der Waals surface area contributed by atoms with E-state index in [-0.39, 0.29) is 13.0 Å². The number of hydrogen-bond donors (Lipinski definition) is 3. The number of aliphatic hydroxyl groups is 2. The first-order valence-electron chi connectivity index (χ1n) is 20.6. The molecule has 0 aromatic carbocycles. The molecular formula is C42H77O9P. The van der Waals surface area contributed by atoms with E-state index < -0.39 is 45.8 Å². The molecule has 0 spiro atoms. The zero-order valence-corrected chi connectivity index (χ0v) is 33.9. The Morgan fingerprint density at radius 1 is 0.615 bits per heavy atom. The summed E-state index contributed by atoms with van der Waals surface area (Å²) in [6.07, 6.45) is 42.4. The third-order valence-electron chi connectivity index (χ3n) is 8.54. The Morgan fingerprint density at radius 2 is 1.06 bits per heavy atom. The van der Waals surface area contributed by atoms with Gasteiger partial charge >= 0.3 is 13.8 Å². The van der Waals surface area contributed by atoms with Gasteiger partial charge in [0.1, 0.15) is 12.2 Å². The maximum Gasteiger partial charge on any atom is 0.472 e. The fourth-order valence-corrected chi connectivity index (χ4v) is 6.22. The van der Waals surface area contributed by atoms with Crippen molar-refractivity contribution in [3.8, 4) is 0 Å². The lowest BCUT2D eigenvalue weighted by atomic mass is 10.0. The average molecular weight is 757 g/mol. The van der Waals surface area contributed by atoms with Crippen molar-refractivity contribution in [1.82, 2.24) is 0 Å². The summed E-state index contributed by atoms with van der Waals surface area (Å²) in [7, 11) is -4.53. The second-order valence-corrected chi connectivity index (χ2v) is 15.1. The largest absolute Gasteiger partial charge is 0.472 e. The smallest absolute Gasteiger partial charge is 0.457 e. The Bertz CT molecular complexity index is 950. The number of phosphoric acid groups is 1. The fraction of sp³-hybridized carbons (Fsp3) is 0.786. The van der Waals surface area contributed by atoms with Crippen molar-refractivity contribution < 1.29 is 43.0 Å². The van der Waals surface area contributed by atoms with Gasteiger partial charge in [0.2, 0.25) is 0 Å². The van der Waals surface area contributed by atoms with Gasteiger partial charge in [-0.05, 0) is 38.5 Å². The highest BCUT2D eigenvalue weighted by Gasteiger charge is 2.26. The number of aliphatic hydroxyl groups excluding tert-OH is 2. The first kappa shape index (κ1) is 50.4. The van der Waals surface area contributed by atoms with Gasteiger partial charge in [0.25, 0.3) is 0 Å². The van der Waals surface area contributed by atoms with Gasteiger partial charge < -0.3 is 24.6 Å². The molecule has 52 heavy (non-hydrogen) atoms. The molecule has 0 bridgehead atoms. The summed E-state index contributed by atoms with van der Waals surface area (Å²) in [5, 5.41) is 18.3. The lowest BCUT2D eigenvalue weighted by Crippen LogP contribution is -2.29. The molecule has 3 unspecified atom stereocenters. The third kappa shape index (κ3) is 38.2. The van der Waals surface area contributed by atoms with Crippen molar-refractivity contribution in [2.75, 3.05) is 33.0 Å². The molecule has 304 valence electrons. The van der Waals surface area contributed by atoms with Gasteiger partial charge in [0.05, 0.1) is 26.4 Å². The summed E-state index contributed by atoms with van der Waals surface area (Å²) < 4.78 is 33.2. The van der Waals surface area contributed by atoms with Crippen LogP contribution in [0, 0.1) is 0 Å². The predicted molar refractivity (Wildman–Crippen MR) is 214 cm³/mol. The van der Waals surface area contributed by atoms with E-state index in [0.29, 0.717) is 13.0 Å². The molecule has 0 radical (unpaired) electrons. The number of ether oxygens (including phenoxy) is 2. The normalized spacial score (nSPS) is 14.6. The molecule has 0 heterocycles.